The number of nitrogens with zero attached hydrogens (tertiary/aromatic N) is 2. The van der Waals surface area contributed by atoms with Crippen LogP contribution in [0, 0.1) is 11.8 Å². The third kappa shape index (κ3) is 5.44. The van der Waals surface area contributed by atoms with E-state index >= 15 is 0 Å². The summed E-state index contributed by atoms with van der Waals surface area (Å²) in [5.74, 6) is 0.929. The number of rotatable bonds is 9. The largest absolute Gasteiger partial charge is 0.382 e. The first-order chi connectivity index (χ1) is 18.1. The minimum absolute atomic E-state index is 0.0423. The molecular weight excluding hydrogens is 546 g/mol. The number of carbonyl (C=O) groups excluding carboxylic acids is 3. The van der Waals surface area contributed by atoms with E-state index in [1.54, 1.807) is 18.3 Å². The molecule has 3 aliphatic rings. The Morgan fingerprint density at radius 1 is 1.03 bits per heavy atom. The summed E-state index contributed by atoms with van der Waals surface area (Å²) in [5.41, 5.74) is 7.72. The van der Waals surface area contributed by atoms with Crippen molar-refractivity contribution < 1.29 is 14.4 Å². The number of benzene rings is 1. The molecule has 2 saturated heterocycles. The van der Waals surface area contributed by atoms with E-state index in [9.17, 15) is 14.4 Å². The monoisotopic (exact) mass is 581 g/mol. The van der Waals surface area contributed by atoms with Crippen LogP contribution in [-0.4, -0.2) is 46.7 Å². The van der Waals surface area contributed by atoms with E-state index in [-0.39, 0.29) is 29.7 Å². The predicted octanol–water partition coefficient (Wildman–Crippen LogP) is 4.92. The van der Waals surface area contributed by atoms with Crippen molar-refractivity contribution in [2.45, 2.75) is 83.5 Å². The third-order valence-corrected chi connectivity index (χ3v) is 8.97. The van der Waals surface area contributed by atoms with Crippen molar-refractivity contribution >= 4 is 45.0 Å². The molecule has 2 aromatic rings. The lowest BCUT2D eigenvalue weighted by molar-refractivity contribution is 0.0923. The molecule has 4 N–H and O–H groups in total. The number of halogens is 1. The van der Waals surface area contributed by atoms with Gasteiger partial charge in [0.15, 0.2) is 5.78 Å². The number of hydrogen-bond acceptors (Lipinski definition) is 6. The van der Waals surface area contributed by atoms with Crippen molar-refractivity contribution in [2.24, 2.45) is 17.6 Å². The van der Waals surface area contributed by atoms with Gasteiger partial charge >= 0.3 is 0 Å². The van der Waals surface area contributed by atoms with Crippen LogP contribution < -0.4 is 21.3 Å². The Morgan fingerprint density at radius 2 is 1.71 bits per heavy atom. The smallest absolute Gasteiger partial charge is 0.252 e. The van der Waals surface area contributed by atoms with E-state index in [4.69, 9.17) is 5.73 Å². The topological polar surface area (TPSA) is 117 Å². The SMILES string of the molecule is CC(C)[C@@H](C)Nc1cc(C(=O)N[C@H]2C[C@H]3CC[C@@H](C2)N3c2ccc(C(=O)C3CC3)cn2)c(Br)cc1C(N)=O. The quantitative estimate of drug-likeness (QED) is 0.362. The summed E-state index contributed by atoms with van der Waals surface area (Å²) in [7, 11) is 0. The van der Waals surface area contributed by atoms with Crippen molar-refractivity contribution in [1.82, 2.24) is 10.3 Å². The van der Waals surface area contributed by atoms with Crippen LogP contribution in [0.5, 0.6) is 0 Å². The molecule has 3 fully saturated rings. The Hall–Kier alpha value is -2.94. The van der Waals surface area contributed by atoms with Gasteiger partial charge in [0.1, 0.15) is 5.82 Å². The van der Waals surface area contributed by atoms with Crippen LogP contribution in [0.1, 0.15) is 90.4 Å². The number of carbonyl (C=O) groups is 3. The van der Waals surface area contributed by atoms with E-state index in [1.807, 2.05) is 19.1 Å². The van der Waals surface area contributed by atoms with E-state index in [1.165, 1.54) is 0 Å². The predicted molar refractivity (Wildman–Crippen MR) is 152 cm³/mol. The molecule has 1 aromatic carbocycles. The number of nitrogens with one attached hydrogen (secondary N) is 2. The fraction of sp³-hybridized carbons (Fsp3) is 0.517. The first-order valence-corrected chi connectivity index (χ1v) is 14.4. The number of nitrogens with two attached hydrogens (primary N) is 1. The Balaban J connectivity index is 1.27. The van der Waals surface area contributed by atoms with E-state index in [0.29, 0.717) is 44.9 Å². The summed E-state index contributed by atoms with van der Waals surface area (Å²) in [5, 5.41) is 6.59. The minimum Gasteiger partial charge on any atom is -0.382 e. The zero-order valence-electron chi connectivity index (χ0n) is 22.2. The van der Waals surface area contributed by atoms with Gasteiger partial charge in [-0.2, -0.15) is 0 Å². The van der Waals surface area contributed by atoms with Gasteiger partial charge in [-0.1, -0.05) is 13.8 Å². The fourth-order valence-corrected chi connectivity index (χ4v) is 6.20. The van der Waals surface area contributed by atoms with Gasteiger partial charge in [-0.25, -0.2) is 4.98 Å². The maximum absolute atomic E-state index is 13.4. The van der Waals surface area contributed by atoms with Crippen LogP contribution in [0.15, 0.2) is 34.9 Å². The molecule has 4 atom stereocenters. The maximum Gasteiger partial charge on any atom is 0.252 e. The summed E-state index contributed by atoms with van der Waals surface area (Å²) in [6.45, 7) is 6.22. The fourth-order valence-electron chi connectivity index (χ4n) is 5.68. The van der Waals surface area contributed by atoms with E-state index < -0.39 is 5.91 Å². The molecule has 5 rings (SSSR count). The second-order valence-corrected chi connectivity index (χ2v) is 12.3. The van der Waals surface area contributed by atoms with Crippen molar-refractivity contribution in [2.75, 3.05) is 10.2 Å². The molecular formula is C29H36BrN5O3. The first-order valence-electron chi connectivity index (χ1n) is 13.6. The van der Waals surface area contributed by atoms with Crippen LogP contribution >= 0.6 is 15.9 Å². The van der Waals surface area contributed by atoms with Crippen LogP contribution in [0.4, 0.5) is 11.5 Å². The van der Waals surface area contributed by atoms with Crippen LogP contribution in [-0.2, 0) is 0 Å². The van der Waals surface area contributed by atoms with Gasteiger partial charge in [0.25, 0.3) is 11.8 Å². The molecule has 2 aliphatic heterocycles. The number of hydrogen-bond donors (Lipinski definition) is 3. The van der Waals surface area contributed by atoms with E-state index in [2.05, 4.69) is 50.3 Å². The summed E-state index contributed by atoms with van der Waals surface area (Å²) in [6, 6.07) is 7.96. The van der Waals surface area contributed by atoms with Crippen molar-refractivity contribution in [3.05, 3.63) is 51.6 Å². The van der Waals surface area contributed by atoms with Crippen molar-refractivity contribution in [1.29, 1.82) is 0 Å². The molecule has 2 bridgehead atoms. The molecule has 1 aromatic heterocycles. The number of ketones is 1. The average molecular weight is 583 g/mol. The standard InChI is InChI=1S/C29H36BrN5O3/c1-15(2)16(3)33-25-13-22(24(30)12-23(25)28(31)37)29(38)34-19-10-20-7-8-21(11-19)35(20)26-9-6-18(14-32-26)27(36)17-4-5-17/h6,9,12-17,19-21,33H,4-5,7-8,10-11H2,1-3H3,(H2,31,37)(H,34,38)/t16-,19-,20+,21-/m1/s1. The van der Waals surface area contributed by atoms with Crippen LogP contribution in [0.2, 0.25) is 0 Å². The summed E-state index contributed by atoms with van der Waals surface area (Å²) < 4.78 is 0.539. The summed E-state index contributed by atoms with van der Waals surface area (Å²) in [4.78, 5) is 44.8. The molecule has 3 heterocycles. The van der Waals surface area contributed by atoms with Crippen LogP contribution in [0.25, 0.3) is 0 Å². The molecule has 9 heteroatoms. The number of anilines is 2. The van der Waals surface area contributed by atoms with Gasteiger partial charge in [-0.3, -0.25) is 14.4 Å². The van der Waals surface area contributed by atoms with Gasteiger partial charge in [0, 0.05) is 52.0 Å². The lowest BCUT2D eigenvalue weighted by Gasteiger charge is -2.40. The highest BCUT2D eigenvalue weighted by molar-refractivity contribution is 9.10. The lowest BCUT2D eigenvalue weighted by Crippen LogP contribution is -2.50. The minimum atomic E-state index is -0.543. The Labute approximate surface area is 232 Å². The van der Waals surface area contributed by atoms with Crippen molar-refractivity contribution in [3.63, 3.8) is 0 Å². The maximum atomic E-state index is 13.4. The molecule has 2 amide bonds. The Bertz CT molecular complexity index is 1230. The van der Waals surface area contributed by atoms with Crippen molar-refractivity contribution in [3.8, 4) is 0 Å². The summed E-state index contributed by atoms with van der Waals surface area (Å²) in [6.07, 6.45) is 7.48. The molecule has 38 heavy (non-hydrogen) atoms. The molecule has 8 nitrogen and oxygen atoms in total. The number of fused-ring (bicyclic) bond motifs is 2. The Kier molecular flexibility index (Phi) is 7.49. The van der Waals surface area contributed by atoms with Gasteiger partial charge in [-0.15, -0.1) is 0 Å². The number of aromatic nitrogens is 1. The number of pyridine rings is 1. The molecule has 202 valence electrons. The number of primary amides is 1. The highest BCUT2D eigenvalue weighted by Crippen LogP contribution is 2.39. The Morgan fingerprint density at radius 3 is 2.26 bits per heavy atom. The molecule has 1 aliphatic carbocycles. The average Bonchev–Trinajstić information content (AvgIpc) is 3.69. The van der Waals surface area contributed by atoms with Gasteiger partial charge < -0.3 is 21.3 Å². The number of piperidine rings is 1. The van der Waals surface area contributed by atoms with Gasteiger partial charge in [0.2, 0.25) is 0 Å². The number of Topliss-reactive ketones (excluding diaryl/α,β-unsaturated/α-hetero) is 1. The second-order valence-electron chi connectivity index (χ2n) is 11.4. The molecule has 1 saturated carbocycles. The second kappa shape index (κ2) is 10.7. The highest BCUT2D eigenvalue weighted by atomic mass is 79.9. The van der Waals surface area contributed by atoms with Gasteiger partial charge in [0.05, 0.1) is 11.1 Å². The van der Waals surface area contributed by atoms with E-state index in [0.717, 1.165) is 44.3 Å². The first kappa shape index (κ1) is 26.7. The summed E-state index contributed by atoms with van der Waals surface area (Å²) >= 11 is 3.48. The zero-order valence-corrected chi connectivity index (χ0v) is 23.8. The lowest BCUT2D eigenvalue weighted by atomic mass is 9.96. The molecule has 0 unspecified atom stereocenters. The number of amides is 2. The highest BCUT2D eigenvalue weighted by Gasteiger charge is 2.42. The third-order valence-electron chi connectivity index (χ3n) is 8.31. The van der Waals surface area contributed by atoms with Gasteiger partial charge in [-0.05, 0) is 91.6 Å². The zero-order chi connectivity index (χ0) is 27.1. The molecule has 0 spiro atoms. The normalized spacial score (nSPS) is 23.3. The molecule has 0 radical (unpaired) electrons. The van der Waals surface area contributed by atoms with Crippen LogP contribution in [0.3, 0.4) is 0 Å².